The van der Waals surface area contributed by atoms with Crippen LogP contribution in [-0.2, 0) is 7.05 Å². The summed E-state index contributed by atoms with van der Waals surface area (Å²) in [5, 5.41) is 12.9. The molecule has 0 fully saturated rings. The molecule has 0 radical (unpaired) electrons. The minimum absolute atomic E-state index is 0.0726. The number of carboxylic acid groups (broad SMARTS) is 1. The van der Waals surface area contributed by atoms with Crippen molar-refractivity contribution in [1.82, 2.24) is 9.78 Å². The number of hydrogen-bond acceptors (Lipinski definition) is 2. The van der Waals surface area contributed by atoms with Crippen molar-refractivity contribution in [3.63, 3.8) is 0 Å². The number of benzene rings is 1. The summed E-state index contributed by atoms with van der Waals surface area (Å²) in [6.45, 7) is 4.01. The fourth-order valence-corrected chi connectivity index (χ4v) is 1.84. The number of aryl methyl sites for hydroxylation is 3. The van der Waals surface area contributed by atoms with Crippen LogP contribution in [0.1, 0.15) is 21.6 Å². The number of carbonyl (C=O) groups is 1. The van der Waals surface area contributed by atoms with E-state index in [0.29, 0.717) is 0 Å². The maximum absolute atomic E-state index is 10.9. The number of rotatable bonds is 2. The van der Waals surface area contributed by atoms with Crippen LogP contribution in [0.3, 0.4) is 0 Å². The van der Waals surface area contributed by atoms with Crippen molar-refractivity contribution >= 4 is 5.97 Å². The fraction of sp³-hybridized carbons (Fsp3) is 0.231. The number of hydrogen-bond donors (Lipinski definition) is 1. The van der Waals surface area contributed by atoms with Crippen LogP contribution in [0.15, 0.2) is 24.3 Å². The molecule has 4 nitrogen and oxygen atoms in total. The first-order valence-electron chi connectivity index (χ1n) is 5.34. The van der Waals surface area contributed by atoms with Crippen LogP contribution in [0.4, 0.5) is 0 Å². The van der Waals surface area contributed by atoms with Gasteiger partial charge in [-0.3, -0.25) is 4.68 Å². The Morgan fingerprint density at radius 3 is 2.59 bits per heavy atom. The number of aromatic carboxylic acids is 1. The Bertz CT molecular complexity index is 585. The van der Waals surface area contributed by atoms with E-state index in [-0.39, 0.29) is 5.69 Å². The van der Waals surface area contributed by atoms with Gasteiger partial charge in [0.25, 0.3) is 0 Å². The van der Waals surface area contributed by atoms with Gasteiger partial charge in [-0.25, -0.2) is 4.79 Å². The summed E-state index contributed by atoms with van der Waals surface area (Å²) in [5.41, 5.74) is 4.17. The van der Waals surface area contributed by atoms with Gasteiger partial charge in [-0.1, -0.05) is 17.7 Å². The van der Waals surface area contributed by atoms with Gasteiger partial charge in [-0.05, 0) is 31.5 Å². The van der Waals surface area contributed by atoms with Crippen LogP contribution < -0.4 is 0 Å². The van der Waals surface area contributed by atoms with Crippen LogP contribution in [0.2, 0.25) is 0 Å². The molecule has 2 rings (SSSR count). The van der Waals surface area contributed by atoms with E-state index in [2.05, 4.69) is 5.10 Å². The Morgan fingerprint density at radius 2 is 2.00 bits per heavy atom. The van der Waals surface area contributed by atoms with E-state index in [9.17, 15) is 4.79 Å². The SMILES string of the molecule is Cc1ccc(C)c(-c2cc(C(=O)O)nn2C)c1. The number of nitrogens with zero attached hydrogens (tertiary/aromatic N) is 2. The van der Waals surface area contributed by atoms with Crippen LogP contribution >= 0.6 is 0 Å². The Labute approximate surface area is 99.5 Å². The molecule has 4 heteroatoms. The summed E-state index contributed by atoms with van der Waals surface area (Å²) in [6, 6.07) is 7.70. The molecule has 0 amide bonds. The molecule has 0 bridgehead atoms. The van der Waals surface area contributed by atoms with Gasteiger partial charge in [0.2, 0.25) is 0 Å². The average molecular weight is 230 g/mol. The van der Waals surface area contributed by atoms with Crippen LogP contribution in [0, 0.1) is 13.8 Å². The van der Waals surface area contributed by atoms with Gasteiger partial charge in [0.15, 0.2) is 5.69 Å². The van der Waals surface area contributed by atoms with Crippen molar-refractivity contribution in [2.75, 3.05) is 0 Å². The first kappa shape index (κ1) is 11.4. The van der Waals surface area contributed by atoms with E-state index >= 15 is 0 Å². The predicted octanol–water partition coefficient (Wildman–Crippen LogP) is 2.40. The maximum Gasteiger partial charge on any atom is 0.356 e. The molecule has 0 aliphatic carbocycles. The lowest BCUT2D eigenvalue weighted by Crippen LogP contribution is -1.99. The quantitative estimate of drug-likeness (QED) is 0.861. The molecular formula is C13H14N2O2. The molecule has 1 heterocycles. The van der Waals surface area contributed by atoms with E-state index in [1.807, 2.05) is 32.0 Å². The van der Waals surface area contributed by atoms with Gasteiger partial charge < -0.3 is 5.11 Å². The van der Waals surface area contributed by atoms with Crippen LogP contribution in [0.25, 0.3) is 11.3 Å². The summed E-state index contributed by atoms with van der Waals surface area (Å²) in [5.74, 6) is -1.00. The summed E-state index contributed by atoms with van der Waals surface area (Å²) in [7, 11) is 1.75. The van der Waals surface area contributed by atoms with E-state index in [1.165, 1.54) is 0 Å². The average Bonchev–Trinajstić information content (AvgIpc) is 2.64. The summed E-state index contributed by atoms with van der Waals surface area (Å²) < 4.78 is 1.60. The molecule has 1 N–H and O–H groups in total. The predicted molar refractivity (Wildman–Crippen MR) is 65.1 cm³/mol. The molecule has 0 unspecified atom stereocenters. The lowest BCUT2D eigenvalue weighted by atomic mass is 10.0. The van der Waals surface area contributed by atoms with E-state index < -0.39 is 5.97 Å². The molecule has 0 saturated carbocycles. The molecule has 88 valence electrons. The van der Waals surface area contributed by atoms with Gasteiger partial charge in [-0.2, -0.15) is 5.10 Å². The zero-order chi connectivity index (χ0) is 12.6. The molecule has 0 saturated heterocycles. The first-order chi connectivity index (χ1) is 7.99. The van der Waals surface area contributed by atoms with Crippen molar-refractivity contribution in [1.29, 1.82) is 0 Å². The fourth-order valence-electron chi connectivity index (χ4n) is 1.84. The Hall–Kier alpha value is -2.10. The van der Waals surface area contributed by atoms with Crippen molar-refractivity contribution in [3.8, 4) is 11.3 Å². The summed E-state index contributed by atoms with van der Waals surface area (Å²) in [6.07, 6.45) is 0. The van der Waals surface area contributed by atoms with Crippen LogP contribution in [-0.4, -0.2) is 20.9 Å². The highest BCUT2D eigenvalue weighted by Crippen LogP contribution is 2.24. The molecule has 0 spiro atoms. The standard InChI is InChI=1S/C13H14N2O2/c1-8-4-5-9(2)10(6-8)12-7-11(13(16)17)14-15(12)3/h4-7H,1-3H3,(H,16,17). The molecular weight excluding hydrogens is 216 g/mol. The van der Waals surface area contributed by atoms with Crippen molar-refractivity contribution in [2.24, 2.45) is 7.05 Å². The molecule has 2 aromatic rings. The molecule has 0 atom stereocenters. The highest BCUT2D eigenvalue weighted by atomic mass is 16.4. The Kier molecular flexibility index (Phi) is 2.71. The lowest BCUT2D eigenvalue weighted by Gasteiger charge is -2.06. The number of carboxylic acids is 1. The minimum atomic E-state index is -1.00. The van der Waals surface area contributed by atoms with Gasteiger partial charge in [0.05, 0.1) is 5.69 Å². The monoisotopic (exact) mass is 230 g/mol. The van der Waals surface area contributed by atoms with Crippen LogP contribution in [0.5, 0.6) is 0 Å². The Balaban J connectivity index is 2.60. The zero-order valence-electron chi connectivity index (χ0n) is 10.1. The molecule has 0 aliphatic heterocycles. The second kappa shape index (κ2) is 4.05. The largest absolute Gasteiger partial charge is 0.476 e. The van der Waals surface area contributed by atoms with E-state index in [0.717, 1.165) is 22.4 Å². The topological polar surface area (TPSA) is 55.1 Å². The second-order valence-electron chi connectivity index (χ2n) is 4.16. The third kappa shape index (κ3) is 2.06. The highest BCUT2D eigenvalue weighted by Gasteiger charge is 2.13. The van der Waals surface area contributed by atoms with Crippen molar-refractivity contribution in [3.05, 3.63) is 41.1 Å². The second-order valence-corrected chi connectivity index (χ2v) is 4.16. The van der Waals surface area contributed by atoms with Crippen molar-refractivity contribution < 1.29 is 9.90 Å². The molecule has 0 aliphatic rings. The normalized spacial score (nSPS) is 10.5. The highest BCUT2D eigenvalue weighted by molar-refractivity contribution is 5.87. The Morgan fingerprint density at radius 1 is 1.29 bits per heavy atom. The smallest absolute Gasteiger partial charge is 0.356 e. The lowest BCUT2D eigenvalue weighted by molar-refractivity contribution is 0.0689. The third-order valence-corrected chi connectivity index (χ3v) is 2.77. The van der Waals surface area contributed by atoms with Gasteiger partial charge in [0.1, 0.15) is 0 Å². The van der Waals surface area contributed by atoms with E-state index in [4.69, 9.17) is 5.11 Å². The molecule has 1 aromatic carbocycles. The number of aromatic nitrogens is 2. The molecule has 17 heavy (non-hydrogen) atoms. The first-order valence-corrected chi connectivity index (χ1v) is 5.34. The summed E-state index contributed by atoms with van der Waals surface area (Å²) >= 11 is 0. The minimum Gasteiger partial charge on any atom is -0.476 e. The summed E-state index contributed by atoms with van der Waals surface area (Å²) in [4.78, 5) is 10.9. The van der Waals surface area contributed by atoms with E-state index in [1.54, 1.807) is 17.8 Å². The maximum atomic E-state index is 10.9. The zero-order valence-corrected chi connectivity index (χ0v) is 10.1. The van der Waals surface area contributed by atoms with Crippen molar-refractivity contribution in [2.45, 2.75) is 13.8 Å². The van der Waals surface area contributed by atoms with Gasteiger partial charge >= 0.3 is 5.97 Å². The molecule has 1 aromatic heterocycles. The third-order valence-electron chi connectivity index (χ3n) is 2.77. The van der Waals surface area contributed by atoms with Gasteiger partial charge in [0, 0.05) is 12.6 Å². The van der Waals surface area contributed by atoms with Gasteiger partial charge in [-0.15, -0.1) is 0 Å².